The van der Waals surface area contributed by atoms with Gasteiger partial charge < -0.3 is 0 Å². The first-order valence-electron chi connectivity index (χ1n) is 18.2. The third-order valence-corrected chi connectivity index (χ3v) is 9.36. The molecule has 0 bridgehead atoms. The van der Waals surface area contributed by atoms with Crippen LogP contribution in [-0.2, 0) is 0 Å². The highest BCUT2D eigenvalue weighted by atomic mass is 32.2. The highest BCUT2D eigenvalue weighted by molar-refractivity contribution is 7.99. The molecule has 2 rings (SSSR count). The molecule has 274 valence electrons. The number of hydrogen-bond acceptors (Lipinski definition) is 8. The third-order valence-electron chi connectivity index (χ3n) is 7.97. The minimum atomic E-state index is -0.609. The average molecular weight is 720 g/mol. The molecule has 0 aliphatic heterocycles. The van der Waals surface area contributed by atoms with E-state index in [9.17, 15) is 10.1 Å². The van der Waals surface area contributed by atoms with Gasteiger partial charge in [0.15, 0.2) is 0 Å². The van der Waals surface area contributed by atoms with E-state index in [0.29, 0.717) is 11.1 Å². The van der Waals surface area contributed by atoms with Gasteiger partial charge in [-0.1, -0.05) is 137 Å². The van der Waals surface area contributed by atoms with E-state index >= 15 is 0 Å². The second-order valence-corrected chi connectivity index (χ2v) is 13.7. The van der Waals surface area contributed by atoms with Crippen molar-refractivity contribution in [1.82, 2.24) is 0 Å². The zero-order valence-corrected chi connectivity index (χ0v) is 31.6. The summed E-state index contributed by atoms with van der Waals surface area (Å²) >= 11 is 5.99. The standard InChI is InChI=1S/C20H28N2S.C12H26S.C8H3N3O2.CH4/c1-2-3-4-5-6-7-8-9-10-11-14-23-20-13-12-18(16-21)19(15-20)17-22;1-2-3-4-5-6-7-8-9-10-11-12-13;9-4-6-1-2-8(11(12)13)3-7(6)5-10;/h12-13,15H,2-11,14H2,1H3;13H,2-12H2,1H3;1-3H;1H4. The minimum absolute atomic E-state index is 0. The molecule has 0 unspecified atom stereocenters. The molecule has 0 N–H and O–H groups in total. The lowest BCUT2D eigenvalue weighted by Crippen LogP contribution is -1.90. The monoisotopic (exact) mass is 719 g/mol. The SMILES string of the molecule is C.CCCCCCCCCCCCS.CCCCCCCCCCCCSc1ccc(C#N)c(C#N)c1.N#Cc1ccc([N+](=O)[O-])cc1C#N. The van der Waals surface area contributed by atoms with Gasteiger partial charge in [0.05, 0.1) is 27.2 Å². The molecule has 0 heterocycles. The minimum Gasteiger partial charge on any atom is -0.258 e. The van der Waals surface area contributed by atoms with E-state index in [0.717, 1.165) is 22.5 Å². The van der Waals surface area contributed by atoms with Crippen molar-refractivity contribution in [1.29, 1.82) is 21.0 Å². The molecule has 0 aromatic heterocycles. The number of thiol groups is 1. The Morgan fingerprint density at radius 1 is 0.580 bits per heavy atom. The topological polar surface area (TPSA) is 138 Å². The zero-order valence-electron chi connectivity index (χ0n) is 29.9. The fourth-order valence-corrected chi connectivity index (χ4v) is 6.19. The van der Waals surface area contributed by atoms with Crippen LogP contribution in [0.4, 0.5) is 5.69 Å². The molecular formula is C41H61N5O2S2. The number of nitro groups is 1. The second-order valence-electron chi connectivity index (χ2n) is 12.1. The Kier molecular flexibility index (Phi) is 34.4. The Labute approximate surface area is 314 Å². The molecule has 0 fully saturated rings. The fourth-order valence-electron chi connectivity index (χ4n) is 5.02. The van der Waals surface area contributed by atoms with Gasteiger partial charge >= 0.3 is 0 Å². The smallest absolute Gasteiger partial charge is 0.258 e. The zero-order chi connectivity index (χ0) is 36.4. The van der Waals surface area contributed by atoms with E-state index in [-0.39, 0.29) is 24.2 Å². The van der Waals surface area contributed by atoms with Gasteiger partial charge in [0.1, 0.15) is 24.3 Å². The van der Waals surface area contributed by atoms with E-state index in [4.69, 9.17) is 21.0 Å². The summed E-state index contributed by atoms with van der Waals surface area (Å²) in [6, 6.07) is 16.7. The van der Waals surface area contributed by atoms with Crippen molar-refractivity contribution in [2.24, 2.45) is 0 Å². The summed E-state index contributed by atoms with van der Waals surface area (Å²) in [5.41, 5.74) is 0.941. The van der Waals surface area contributed by atoms with Gasteiger partial charge in [0, 0.05) is 17.0 Å². The highest BCUT2D eigenvalue weighted by Gasteiger charge is 2.09. The molecule has 0 saturated heterocycles. The maximum atomic E-state index is 10.3. The van der Waals surface area contributed by atoms with Gasteiger partial charge in [0.25, 0.3) is 5.69 Å². The molecule has 2 aromatic carbocycles. The van der Waals surface area contributed by atoms with Crippen LogP contribution in [0.2, 0.25) is 0 Å². The first-order valence-corrected chi connectivity index (χ1v) is 19.8. The lowest BCUT2D eigenvalue weighted by atomic mass is 10.1. The van der Waals surface area contributed by atoms with Crippen molar-refractivity contribution in [3.63, 3.8) is 0 Å². The van der Waals surface area contributed by atoms with Crippen molar-refractivity contribution in [3.05, 3.63) is 68.8 Å². The normalized spacial score (nSPS) is 9.66. The maximum Gasteiger partial charge on any atom is 0.270 e. The average Bonchev–Trinajstić information content (AvgIpc) is 3.13. The number of nitrogens with zero attached hydrogens (tertiary/aromatic N) is 5. The van der Waals surface area contributed by atoms with E-state index in [1.165, 1.54) is 141 Å². The summed E-state index contributed by atoms with van der Waals surface area (Å²) in [5, 5.41) is 45.3. The van der Waals surface area contributed by atoms with E-state index in [1.54, 1.807) is 30.0 Å². The largest absolute Gasteiger partial charge is 0.270 e. The van der Waals surface area contributed by atoms with Crippen LogP contribution < -0.4 is 0 Å². The Morgan fingerprint density at radius 2 is 0.960 bits per heavy atom. The number of benzene rings is 2. The number of nitriles is 4. The molecule has 2 aromatic rings. The van der Waals surface area contributed by atoms with Crippen LogP contribution in [0.5, 0.6) is 0 Å². The first-order chi connectivity index (χ1) is 23.9. The molecule has 9 heteroatoms. The molecule has 0 saturated carbocycles. The molecule has 0 atom stereocenters. The van der Waals surface area contributed by atoms with Crippen LogP contribution in [0.25, 0.3) is 0 Å². The van der Waals surface area contributed by atoms with Gasteiger partial charge in [0.2, 0.25) is 0 Å². The summed E-state index contributed by atoms with van der Waals surface area (Å²) in [5.74, 6) is 2.16. The van der Waals surface area contributed by atoms with Crippen molar-refractivity contribution < 1.29 is 4.92 Å². The molecule has 0 amide bonds. The highest BCUT2D eigenvalue weighted by Crippen LogP contribution is 2.23. The van der Waals surface area contributed by atoms with Crippen molar-refractivity contribution in [2.75, 3.05) is 11.5 Å². The Balaban J connectivity index is 0. The Morgan fingerprint density at radius 3 is 1.36 bits per heavy atom. The summed E-state index contributed by atoms with van der Waals surface area (Å²) < 4.78 is 0. The lowest BCUT2D eigenvalue weighted by Gasteiger charge is -2.04. The summed E-state index contributed by atoms with van der Waals surface area (Å²) in [6.45, 7) is 4.54. The molecule has 0 aliphatic carbocycles. The van der Waals surface area contributed by atoms with Gasteiger partial charge in [-0.2, -0.15) is 33.7 Å². The summed E-state index contributed by atoms with van der Waals surface area (Å²) in [6.07, 6.45) is 27.7. The van der Waals surface area contributed by atoms with E-state index in [2.05, 4.69) is 38.6 Å². The van der Waals surface area contributed by atoms with Gasteiger partial charge in [-0.15, -0.1) is 11.8 Å². The summed E-state index contributed by atoms with van der Waals surface area (Å²) in [4.78, 5) is 10.8. The van der Waals surface area contributed by atoms with E-state index in [1.807, 2.05) is 12.1 Å². The number of nitro benzene ring substituents is 1. The number of thioether (sulfide) groups is 1. The predicted octanol–water partition coefficient (Wildman–Crippen LogP) is 13.3. The lowest BCUT2D eigenvalue weighted by molar-refractivity contribution is -0.384. The van der Waals surface area contributed by atoms with E-state index < -0.39 is 4.92 Å². The maximum absolute atomic E-state index is 10.3. The number of non-ortho nitro benzene ring substituents is 1. The van der Waals surface area contributed by atoms with Crippen LogP contribution >= 0.6 is 24.4 Å². The number of rotatable bonds is 23. The summed E-state index contributed by atoms with van der Waals surface area (Å²) in [7, 11) is 0. The first kappa shape index (κ1) is 48.6. The van der Waals surface area contributed by atoms with Crippen LogP contribution in [0.3, 0.4) is 0 Å². The molecule has 50 heavy (non-hydrogen) atoms. The van der Waals surface area contributed by atoms with Crippen molar-refractivity contribution in [2.45, 2.75) is 155 Å². The van der Waals surface area contributed by atoms with Crippen LogP contribution in [0.15, 0.2) is 41.3 Å². The Bertz CT molecular complexity index is 1330. The van der Waals surface area contributed by atoms with Gasteiger partial charge in [-0.05, 0) is 48.6 Å². The third kappa shape index (κ3) is 25.5. The second kappa shape index (κ2) is 35.3. The Hall–Kier alpha value is -3.50. The number of hydrogen-bond donors (Lipinski definition) is 1. The fraction of sp³-hybridized carbons (Fsp3) is 0.610. The van der Waals surface area contributed by atoms with Crippen LogP contribution in [0.1, 0.15) is 172 Å². The van der Waals surface area contributed by atoms with Gasteiger partial charge in [-0.25, -0.2) is 0 Å². The predicted molar refractivity (Wildman–Crippen MR) is 213 cm³/mol. The molecule has 0 radical (unpaired) electrons. The molecular weight excluding hydrogens is 659 g/mol. The van der Waals surface area contributed by atoms with Crippen molar-refractivity contribution in [3.8, 4) is 24.3 Å². The number of unbranched alkanes of at least 4 members (excludes halogenated alkanes) is 18. The van der Waals surface area contributed by atoms with Crippen LogP contribution in [0, 0.1) is 55.4 Å². The molecule has 7 nitrogen and oxygen atoms in total. The van der Waals surface area contributed by atoms with Crippen LogP contribution in [-0.4, -0.2) is 16.4 Å². The van der Waals surface area contributed by atoms with Gasteiger partial charge in [-0.3, -0.25) is 10.1 Å². The quantitative estimate of drug-likeness (QED) is 0.0396. The molecule has 0 aliphatic rings. The van der Waals surface area contributed by atoms with Crippen molar-refractivity contribution >= 4 is 30.1 Å². The molecule has 0 spiro atoms.